The monoisotopic (exact) mass is 374 g/mol. The molecular weight excluding hydrogens is 360 g/mol. The number of carbonyl (C=O) groups excluding carboxylic acids is 2. The van der Waals surface area contributed by atoms with Gasteiger partial charge in [-0.15, -0.1) is 11.3 Å². The lowest BCUT2D eigenvalue weighted by Gasteiger charge is -2.09. The van der Waals surface area contributed by atoms with Crippen molar-refractivity contribution in [2.45, 2.75) is 0 Å². The van der Waals surface area contributed by atoms with Crippen LogP contribution in [0, 0.1) is 0 Å². The molecule has 4 rings (SSSR count). The Hall–Kier alpha value is -3.51. The number of nitrogens with two attached hydrogens (primary N) is 1. The van der Waals surface area contributed by atoms with Crippen molar-refractivity contribution in [3.63, 3.8) is 0 Å². The smallest absolute Gasteiger partial charge is 0.344 e. The minimum atomic E-state index is -0.581. The van der Waals surface area contributed by atoms with Gasteiger partial charge in [-0.25, -0.2) is 9.78 Å². The van der Waals surface area contributed by atoms with Crippen LogP contribution in [0.1, 0.15) is 20.7 Å². The van der Waals surface area contributed by atoms with Crippen LogP contribution in [0.25, 0.3) is 21.5 Å². The van der Waals surface area contributed by atoms with Crippen LogP contribution in [0.2, 0.25) is 0 Å². The maximum absolute atomic E-state index is 12.9. The Balaban J connectivity index is 1.77. The Morgan fingerprint density at radius 2 is 1.81 bits per heavy atom. The lowest BCUT2D eigenvalue weighted by Crippen LogP contribution is -2.13. The number of ether oxygens (including phenoxy) is 1. The molecule has 2 heterocycles. The minimum Gasteiger partial charge on any atom is -0.423 e. The maximum Gasteiger partial charge on any atom is 0.344 e. The number of hydrogen-bond acceptors (Lipinski definition) is 5. The fourth-order valence-corrected chi connectivity index (χ4v) is 3.46. The molecule has 0 saturated carbocycles. The van der Waals surface area contributed by atoms with E-state index in [0.29, 0.717) is 22.2 Å². The lowest BCUT2D eigenvalue weighted by molar-refractivity contribution is 0.0735. The van der Waals surface area contributed by atoms with Crippen LogP contribution in [0.4, 0.5) is 0 Å². The molecule has 0 spiro atoms. The van der Waals surface area contributed by atoms with Crippen LogP contribution in [0.15, 0.2) is 72.1 Å². The van der Waals surface area contributed by atoms with E-state index in [1.165, 1.54) is 6.07 Å². The number of fused-ring (bicyclic) bond motifs is 1. The van der Waals surface area contributed by atoms with Gasteiger partial charge in [0.2, 0.25) is 5.91 Å². The molecule has 1 amide bonds. The number of esters is 1. The van der Waals surface area contributed by atoms with E-state index < -0.39 is 11.9 Å². The van der Waals surface area contributed by atoms with Crippen molar-refractivity contribution in [1.29, 1.82) is 0 Å². The first-order valence-corrected chi connectivity index (χ1v) is 9.05. The number of rotatable bonds is 4. The summed E-state index contributed by atoms with van der Waals surface area (Å²) in [5, 5.41) is 2.66. The van der Waals surface area contributed by atoms with Crippen molar-refractivity contribution in [3.05, 3.63) is 83.2 Å². The fourth-order valence-electron chi connectivity index (χ4n) is 2.77. The van der Waals surface area contributed by atoms with Crippen LogP contribution >= 0.6 is 11.3 Å². The van der Waals surface area contributed by atoms with Gasteiger partial charge in [-0.1, -0.05) is 30.3 Å². The van der Waals surface area contributed by atoms with E-state index in [1.54, 1.807) is 35.6 Å². The Kier molecular flexibility index (Phi) is 4.40. The number of para-hydroxylation sites is 1. The largest absolute Gasteiger partial charge is 0.423 e. The zero-order valence-electron chi connectivity index (χ0n) is 14.1. The first kappa shape index (κ1) is 16.9. The van der Waals surface area contributed by atoms with Gasteiger partial charge in [0.25, 0.3) is 0 Å². The molecule has 6 heteroatoms. The normalized spacial score (nSPS) is 10.7. The molecule has 0 aliphatic rings. The summed E-state index contributed by atoms with van der Waals surface area (Å²) in [6, 6.07) is 19.3. The summed E-state index contributed by atoms with van der Waals surface area (Å²) in [5.74, 6) is -0.842. The van der Waals surface area contributed by atoms with E-state index in [4.69, 9.17) is 10.5 Å². The highest BCUT2D eigenvalue weighted by Gasteiger charge is 2.17. The molecule has 2 N–H and O–H groups in total. The molecule has 2 aromatic carbocycles. The summed E-state index contributed by atoms with van der Waals surface area (Å²) in [6.07, 6.45) is 0. The summed E-state index contributed by atoms with van der Waals surface area (Å²) in [5.41, 5.74) is 7.39. The third-order valence-corrected chi connectivity index (χ3v) is 4.93. The third kappa shape index (κ3) is 3.43. The van der Waals surface area contributed by atoms with Crippen molar-refractivity contribution in [3.8, 4) is 16.3 Å². The number of primary amides is 1. The first-order valence-electron chi connectivity index (χ1n) is 8.17. The summed E-state index contributed by atoms with van der Waals surface area (Å²) in [4.78, 5) is 29.8. The van der Waals surface area contributed by atoms with Gasteiger partial charge in [-0.2, -0.15) is 0 Å². The molecule has 0 unspecified atom stereocenters. The maximum atomic E-state index is 12.9. The van der Waals surface area contributed by atoms with E-state index in [9.17, 15) is 9.59 Å². The summed E-state index contributed by atoms with van der Waals surface area (Å²) in [6.45, 7) is 0. The van der Waals surface area contributed by atoms with Crippen molar-refractivity contribution in [2.24, 2.45) is 5.73 Å². The van der Waals surface area contributed by atoms with Crippen LogP contribution in [0.5, 0.6) is 5.75 Å². The van der Waals surface area contributed by atoms with E-state index >= 15 is 0 Å². The Bertz CT molecular complexity index is 1150. The molecule has 0 bridgehead atoms. The fraction of sp³-hybridized carbons (Fsp3) is 0. The highest BCUT2D eigenvalue weighted by molar-refractivity contribution is 7.13. The topological polar surface area (TPSA) is 82.3 Å². The SMILES string of the molecule is NC(=O)c1cccc(OC(=O)c2cc(-c3cccs3)nc3ccccc23)c1. The van der Waals surface area contributed by atoms with Gasteiger partial charge < -0.3 is 10.5 Å². The average Bonchev–Trinajstić information content (AvgIpc) is 3.22. The van der Waals surface area contributed by atoms with Gasteiger partial charge in [0.15, 0.2) is 0 Å². The number of carbonyl (C=O) groups is 2. The van der Waals surface area contributed by atoms with Crippen molar-refractivity contribution in [2.75, 3.05) is 0 Å². The van der Waals surface area contributed by atoms with Gasteiger partial charge in [-0.3, -0.25) is 4.79 Å². The lowest BCUT2D eigenvalue weighted by atomic mass is 10.1. The van der Waals surface area contributed by atoms with Crippen LogP contribution in [-0.4, -0.2) is 16.9 Å². The van der Waals surface area contributed by atoms with Crippen molar-refractivity contribution in [1.82, 2.24) is 4.98 Å². The van der Waals surface area contributed by atoms with Crippen LogP contribution < -0.4 is 10.5 Å². The number of amides is 1. The molecule has 0 radical (unpaired) electrons. The Morgan fingerprint density at radius 3 is 2.59 bits per heavy atom. The van der Waals surface area contributed by atoms with Gasteiger partial charge in [0, 0.05) is 10.9 Å². The standard InChI is InChI=1S/C21H14N2O3S/c22-20(24)13-5-3-6-14(11-13)26-21(25)16-12-18(19-9-4-10-27-19)23-17-8-2-1-7-15(16)17/h1-12H,(H2,22,24). The molecule has 2 aromatic heterocycles. The summed E-state index contributed by atoms with van der Waals surface area (Å²) in [7, 11) is 0. The van der Waals surface area contributed by atoms with Gasteiger partial charge >= 0.3 is 5.97 Å². The Labute approximate surface area is 159 Å². The van der Waals surface area contributed by atoms with Crippen molar-refractivity contribution < 1.29 is 14.3 Å². The number of pyridine rings is 1. The molecule has 0 saturated heterocycles. The molecule has 0 fully saturated rings. The highest BCUT2D eigenvalue weighted by Crippen LogP contribution is 2.28. The van der Waals surface area contributed by atoms with Crippen molar-refractivity contribution >= 4 is 34.1 Å². The van der Waals surface area contributed by atoms with Gasteiger partial charge in [0.05, 0.1) is 21.7 Å². The second kappa shape index (κ2) is 7.01. The highest BCUT2D eigenvalue weighted by atomic mass is 32.1. The van der Waals surface area contributed by atoms with Crippen LogP contribution in [0.3, 0.4) is 0 Å². The number of hydrogen-bond donors (Lipinski definition) is 1. The zero-order chi connectivity index (χ0) is 18.8. The summed E-state index contributed by atoms with van der Waals surface area (Å²) < 4.78 is 5.50. The second-order valence-corrected chi connectivity index (χ2v) is 6.78. The molecule has 132 valence electrons. The van der Waals surface area contributed by atoms with E-state index in [1.807, 2.05) is 41.8 Å². The molecule has 0 atom stereocenters. The molecule has 4 aromatic rings. The molecular formula is C21H14N2O3S. The number of thiophene rings is 1. The van der Waals surface area contributed by atoms with E-state index in [2.05, 4.69) is 4.98 Å². The van der Waals surface area contributed by atoms with E-state index in [0.717, 1.165) is 4.88 Å². The molecule has 27 heavy (non-hydrogen) atoms. The molecule has 0 aliphatic carbocycles. The number of benzene rings is 2. The predicted octanol–water partition coefficient (Wildman–Crippen LogP) is 4.28. The second-order valence-electron chi connectivity index (χ2n) is 5.83. The number of aromatic nitrogens is 1. The molecule has 5 nitrogen and oxygen atoms in total. The van der Waals surface area contributed by atoms with E-state index in [-0.39, 0.29) is 11.3 Å². The summed E-state index contributed by atoms with van der Waals surface area (Å²) >= 11 is 1.55. The zero-order valence-corrected chi connectivity index (χ0v) is 14.9. The quantitative estimate of drug-likeness (QED) is 0.427. The van der Waals surface area contributed by atoms with Crippen LogP contribution in [-0.2, 0) is 0 Å². The third-order valence-electron chi connectivity index (χ3n) is 4.04. The van der Waals surface area contributed by atoms with Gasteiger partial charge in [0.1, 0.15) is 5.75 Å². The van der Waals surface area contributed by atoms with Gasteiger partial charge in [-0.05, 0) is 41.8 Å². The predicted molar refractivity (Wildman–Crippen MR) is 105 cm³/mol. The molecule has 0 aliphatic heterocycles. The first-order chi connectivity index (χ1) is 13.1. The Morgan fingerprint density at radius 1 is 0.963 bits per heavy atom. The number of nitrogens with zero attached hydrogens (tertiary/aromatic N) is 1. The average molecular weight is 374 g/mol. The minimum absolute atomic E-state index is 0.259.